The molecule has 0 atom stereocenters. The number of halogens is 5. The van der Waals surface area contributed by atoms with Gasteiger partial charge in [-0.15, -0.1) is 0 Å². The molecule has 3 N–H and O–H groups in total. The molecule has 1 amide bonds. The third kappa shape index (κ3) is 8.53. The summed E-state index contributed by atoms with van der Waals surface area (Å²) in [6.45, 7) is 4.95. The maximum absolute atomic E-state index is 13.3. The van der Waals surface area contributed by atoms with Gasteiger partial charge in [-0.05, 0) is 61.7 Å². The van der Waals surface area contributed by atoms with E-state index in [0.717, 1.165) is 75.9 Å². The van der Waals surface area contributed by atoms with Gasteiger partial charge in [-0.25, -0.2) is 17.6 Å². The van der Waals surface area contributed by atoms with Crippen molar-refractivity contribution in [3.05, 3.63) is 58.9 Å². The lowest BCUT2D eigenvalue weighted by Crippen LogP contribution is -2.39. The Balaban J connectivity index is 0.000000559. The molecular weight excluding hydrogens is 582 g/mol. The normalized spacial score (nSPS) is 16.8. The van der Waals surface area contributed by atoms with Crippen LogP contribution in [0, 0.1) is 5.82 Å². The number of aliphatic carboxylic acids is 1. The molecule has 1 aliphatic carbocycles. The highest BCUT2D eigenvalue weighted by molar-refractivity contribution is 7.92. The van der Waals surface area contributed by atoms with Crippen LogP contribution in [0.2, 0.25) is 5.02 Å². The number of alkyl halides is 3. The fourth-order valence-electron chi connectivity index (χ4n) is 3.99. The van der Waals surface area contributed by atoms with Crippen molar-refractivity contribution >= 4 is 39.2 Å². The van der Waals surface area contributed by atoms with Crippen LogP contribution < -0.4 is 10.0 Å². The molecule has 2 aromatic carbocycles. The van der Waals surface area contributed by atoms with Crippen molar-refractivity contribution in [2.45, 2.75) is 35.7 Å². The Morgan fingerprint density at radius 1 is 1.07 bits per heavy atom. The van der Waals surface area contributed by atoms with Gasteiger partial charge in [0.25, 0.3) is 10.0 Å². The summed E-state index contributed by atoms with van der Waals surface area (Å²) in [5, 5.41) is 9.92. The van der Waals surface area contributed by atoms with Crippen molar-refractivity contribution in [3.8, 4) is 0 Å². The predicted octanol–water partition coefficient (Wildman–Crippen LogP) is 3.78. The second-order valence-corrected chi connectivity index (χ2v) is 11.3. The van der Waals surface area contributed by atoms with Crippen molar-refractivity contribution in [2.75, 3.05) is 44.1 Å². The van der Waals surface area contributed by atoms with Crippen LogP contribution in [0.3, 0.4) is 0 Å². The first-order chi connectivity index (χ1) is 18.7. The third-order valence-corrected chi connectivity index (χ3v) is 8.03. The number of hydrogen-bond acceptors (Lipinski definition) is 6. The summed E-state index contributed by atoms with van der Waals surface area (Å²) in [6, 6.07) is 10.0. The highest BCUT2D eigenvalue weighted by Crippen LogP contribution is 2.48. The van der Waals surface area contributed by atoms with Gasteiger partial charge < -0.3 is 15.2 Å². The Kier molecular flexibility index (Phi) is 10.4. The molecule has 4 rings (SSSR count). The number of carbonyl (C=O) groups is 2. The minimum absolute atomic E-state index is 0.0127. The van der Waals surface area contributed by atoms with Crippen molar-refractivity contribution in [2.24, 2.45) is 0 Å². The van der Waals surface area contributed by atoms with E-state index in [4.69, 9.17) is 26.2 Å². The van der Waals surface area contributed by atoms with Crippen molar-refractivity contribution in [1.29, 1.82) is 0 Å². The molecule has 1 saturated heterocycles. The van der Waals surface area contributed by atoms with E-state index in [9.17, 15) is 30.8 Å². The van der Waals surface area contributed by atoms with Crippen LogP contribution in [-0.4, -0.2) is 75.9 Å². The van der Waals surface area contributed by atoms with Crippen LogP contribution in [0.5, 0.6) is 0 Å². The Hall–Kier alpha value is -2.94. The summed E-state index contributed by atoms with van der Waals surface area (Å²) in [6.07, 6.45) is -2.67. The molecule has 0 spiro atoms. The lowest BCUT2D eigenvalue weighted by atomic mass is 9.95. The van der Waals surface area contributed by atoms with Crippen LogP contribution in [-0.2, 0) is 29.8 Å². The summed E-state index contributed by atoms with van der Waals surface area (Å²) >= 11 is 5.70. The number of nitrogens with zero attached hydrogens (tertiary/aromatic N) is 1. The van der Waals surface area contributed by atoms with E-state index in [1.54, 1.807) is 24.3 Å². The van der Waals surface area contributed by atoms with Crippen LogP contribution in [0.15, 0.2) is 47.4 Å². The molecule has 1 aliphatic heterocycles. The first kappa shape index (κ1) is 31.6. The average molecular weight is 610 g/mol. The highest BCUT2D eigenvalue weighted by atomic mass is 35.5. The number of amides is 1. The summed E-state index contributed by atoms with van der Waals surface area (Å²) in [5.41, 5.74) is 0.669. The fraction of sp³-hybridized carbons (Fsp3) is 0.440. The number of sulfonamides is 1. The van der Waals surface area contributed by atoms with Gasteiger partial charge >= 0.3 is 12.1 Å². The van der Waals surface area contributed by atoms with Gasteiger partial charge in [-0.3, -0.25) is 14.4 Å². The van der Waals surface area contributed by atoms with Crippen molar-refractivity contribution < 1.29 is 45.4 Å². The maximum Gasteiger partial charge on any atom is 0.490 e. The highest BCUT2D eigenvalue weighted by Gasteiger charge is 2.51. The van der Waals surface area contributed by atoms with E-state index in [0.29, 0.717) is 12.2 Å². The number of carboxylic acids is 1. The summed E-state index contributed by atoms with van der Waals surface area (Å²) in [7, 11) is -3.92. The molecule has 0 aromatic heterocycles. The molecule has 0 radical (unpaired) electrons. The van der Waals surface area contributed by atoms with Crippen LogP contribution >= 0.6 is 11.6 Å². The zero-order valence-corrected chi connectivity index (χ0v) is 22.7. The second kappa shape index (κ2) is 13.1. The van der Waals surface area contributed by atoms with Crippen LogP contribution in [0.1, 0.15) is 24.8 Å². The van der Waals surface area contributed by atoms with Gasteiger partial charge in [0.1, 0.15) is 5.82 Å². The molecule has 2 aromatic rings. The van der Waals surface area contributed by atoms with Gasteiger partial charge in [-0.2, -0.15) is 13.2 Å². The molecule has 220 valence electrons. The number of nitrogens with one attached hydrogen (secondary N) is 2. The quantitative estimate of drug-likeness (QED) is 0.292. The third-order valence-electron chi connectivity index (χ3n) is 6.36. The largest absolute Gasteiger partial charge is 0.490 e. The van der Waals surface area contributed by atoms with Gasteiger partial charge in [-0.1, -0.05) is 23.7 Å². The van der Waals surface area contributed by atoms with E-state index < -0.39 is 33.4 Å². The molecule has 1 saturated carbocycles. The lowest BCUT2D eigenvalue weighted by Gasteiger charge is -2.26. The van der Waals surface area contributed by atoms with E-state index in [1.807, 2.05) is 0 Å². The lowest BCUT2D eigenvalue weighted by molar-refractivity contribution is -0.192. The first-order valence-electron chi connectivity index (χ1n) is 12.2. The molecule has 1 heterocycles. The number of carbonyl (C=O) groups excluding carboxylic acids is 1. The molecule has 2 fully saturated rings. The minimum atomic E-state index is -5.08. The number of hydrogen-bond donors (Lipinski definition) is 3. The SMILES string of the molecule is O=C(NCCCN1CCOCC1)C1(c2ccc(NS(=O)(=O)c3ccc(F)c(Cl)c3)cc2)CC1.O=C(O)C(F)(F)F. The molecule has 0 bridgehead atoms. The summed E-state index contributed by atoms with van der Waals surface area (Å²) < 4.78 is 78.0. The van der Waals surface area contributed by atoms with E-state index >= 15 is 0 Å². The summed E-state index contributed by atoms with van der Waals surface area (Å²) in [5.74, 6) is -3.43. The number of rotatable bonds is 9. The molecule has 0 unspecified atom stereocenters. The van der Waals surface area contributed by atoms with E-state index in [-0.39, 0.29) is 15.8 Å². The number of anilines is 1. The Morgan fingerprint density at radius 2 is 1.68 bits per heavy atom. The molecular formula is C25H28ClF4N3O6S. The molecule has 9 nitrogen and oxygen atoms in total. The predicted molar refractivity (Wildman–Crippen MR) is 138 cm³/mol. The zero-order chi connectivity index (χ0) is 29.6. The maximum atomic E-state index is 13.3. The standard InChI is InChI=1S/C23H27ClFN3O4S.C2HF3O2/c24-20-16-19(6-7-21(20)25)33(30,31)27-18-4-2-17(3-5-18)23(8-9-23)22(29)26-10-1-11-28-12-14-32-15-13-28;3-2(4,5)1(6)7/h2-7,16,27H,1,8-15H2,(H,26,29);(H,6,7). The number of morpholine rings is 1. The average Bonchev–Trinajstić information content (AvgIpc) is 3.71. The Morgan fingerprint density at radius 3 is 2.20 bits per heavy atom. The topological polar surface area (TPSA) is 125 Å². The smallest absolute Gasteiger partial charge is 0.475 e. The van der Waals surface area contributed by atoms with E-state index in [2.05, 4.69) is 14.9 Å². The number of benzene rings is 2. The van der Waals surface area contributed by atoms with Crippen molar-refractivity contribution in [3.63, 3.8) is 0 Å². The summed E-state index contributed by atoms with van der Waals surface area (Å²) in [4.78, 5) is 23.9. The number of ether oxygens (including phenoxy) is 1. The van der Waals surface area contributed by atoms with Crippen LogP contribution in [0.25, 0.3) is 0 Å². The fourth-order valence-corrected chi connectivity index (χ4v) is 5.32. The van der Waals surface area contributed by atoms with Crippen molar-refractivity contribution in [1.82, 2.24) is 10.2 Å². The van der Waals surface area contributed by atoms with Crippen LogP contribution in [0.4, 0.5) is 23.2 Å². The number of carboxylic acid groups (broad SMARTS) is 1. The first-order valence-corrected chi connectivity index (χ1v) is 14.1. The molecule has 40 heavy (non-hydrogen) atoms. The molecule has 15 heteroatoms. The Labute approximate surface area is 233 Å². The minimum Gasteiger partial charge on any atom is -0.475 e. The molecule has 2 aliphatic rings. The van der Waals surface area contributed by atoms with Gasteiger partial charge in [0.15, 0.2) is 0 Å². The van der Waals surface area contributed by atoms with E-state index in [1.165, 1.54) is 0 Å². The Bertz CT molecular complexity index is 1300. The zero-order valence-electron chi connectivity index (χ0n) is 21.1. The second-order valence-electron chi connectivity index (χ2n) is 9.21. The van der Waals surface area contributed by atoms with Gasteiger partial charge in [0, 0.05) is 25.3 Å². The van der Waals surface area contributed by atoms with Gasteiger partial charge in [0.05, 0.1) is 28.5 Å². The monoisotopic (exact) mass is 609 g/mol. The van der Waals surface area contributed by atoms with Gasteiger partial charge in [0.2, 0.25) is 5.91 Å².